The molecule has 0 saturated heterocycles. The van der Waals surface area contributed by atoms with Crippen LogP contribution >= 0.6 is 0 Å². The quantitative estimate of drug-likeness (QED) is 0.687. The third-order valence-corrected chi connectivity index (χ3v) is 3.03. The average molecular weight is 337 g/mol. The van der Waals surface area contributed by atoms with Crippen molar-refractivity contribution in [2.24, 2.45) is 0 Å². The van der Waals surface area contributed by atoms with Gasteiger partial charge in [0.2, 0.25) is 0 Å². The largest absolute Gasteiger partial charge is 0.573 e. The number of fused-ring (bicyclic) bond motifs is 1. The van der Waals surface area contributed by atoms with Crippen molar-refractivity contribution < 1.29 is 27.4 Å². The fraction of sp³-hybridized carbons (Fsp3) is 0.133. The molecule has 0 saturated carbocycles. The number of ether oxygens (including phenoxy) is 2. The van der Waals surface area contributed by atoms with E-state index in [2.05, 4.69) is 14.9 Å². The highest BCUT2D eigenvalue weighted by Gasteiger charge is 2.30. The highest BCUT2D eigenvalue weighted by Crippen LogP contribution is 2.27. The number of rotatable bonds is 3. The fourth-order valence-electron chi connectivity index (χ4n) is 2.09. The smallest absolute Gasteiger partial charge is 0.406 e. The van der Waals surface area contributed by atoms with Gasteiger partial charge in [-0.1, -0.05) is 17.2 Å². The van der Waals surface area contributed by atoms with Crippen LogP contribution in [0.15, 0.2) is 42.6 Å². The van der Waals surface area contributed by atoms with E-state index in [9.17, 15) is 18.0 Å². The van der Waals surface area contributed by atoms with Gasteiger partial charge in [0.1, 0.15) is 5.75 Å². The number of carbonyl (C=O) groups is 1. The van der Waals surface area contributed by atoms with Crippen LogP contribution in [0, 0.1) is 0 Å². The van der Waals surface area contributed by atoms with Gasteiger partial charge in [-0.2, -0.15) is 0 Å². The van der Waals surface area contributed by atoms with E-state index in [0.717, 1.165) is 0 Å². The van der Waals surface area contributed by atoms with Gasteiger partial charge in [-0.15, -0.1) is 18.3 Å². The number of alkyl halides is 3. The molecular weight excluding hydrogens is 327 g/mol. The molecule has 24 heavy (non-hydrogen) atoms. The first-order chi connectivity index (χ1) is 11.3. The van der Waals surface area contributed by atoms with Crippen LogP contribution in [0.1, 0.15) is 6.92 Å². The minimum absolute atomic E-state index is 0.0105. The molecule has 0 N–H and O–H groups in total. The highest BCUT2D eigenvalue weighted by atomic mass is 19.4. The second-order valence-electron chi connectivity index (χ2n) is 4.79. The lowest BCUT2D eigenvalue weighted by molar-refractivity contribution is -0.274. The van der Waals surface area contributed by atoms with E-state index in [1.165, 1.54) is 35.6 Å². The molecule has 2 aromatic heterocycles. The number of nitrogens with zero attached hydrogens (tertiary/aromatic N) is 3. The van der Waals surface area contributed by atoms with Gasteiger partial charge in [0.25, 0.3) is 0 Å². The zero-order valence-electron chi connectivity index (χ0n) is 12.2. The number of pyridine rings is 1. The Labute approximate surface area is 133 Å². The summed E-state index contributed by atoms with van der Waals surface area (Å²) < 4.78 is 46.8. The molecule has 0 radical (unpaired) electrons. The van der Waals surface area contributed by atoms with Crippen molar-refractivity contribution in [2.75, 3.05) is 0 Å². The Morgan fingerprint density at radius 2 is 1.71 bits per heavy atom. The third kappa shape index (κ3) is 3.45. The number of benzene rings is 1. The van der Waals surface area contributed by atoms with Gasteiger partial charge in [0, 0.05) is 13.1 Å². The number of halogens is 3. The van der Waals surface area contributed by atoms with Crippen LogP contribution < -0.4 is 9.47 Å². The lowest BCUT2D eigenvalue weighted by Crippen LogP contribution is -2.16. The molecule has 9 heteroatoms. The van der Waals surface area contributed by atoms with Crippen molar-refractivity contribution in [3.8, 4) is 22.9 Å². The number of aromatic nitrogens is 3. The van der Waals surface area contributed by atoms with Gasteiger partial charge in [-0.05, 0) is 35.4 Å². The molecule has 0 atom stereocenters. The van der Waals surface area contributed by atoms with Gasteiger partial charge in [0.05, 0.1) is 0 Å². The van der Waals surface area contributed by atoms with Crippen LogP contribution in [0.5, 0.6) is 11.8 Å². The predicted molar refractivity (Wildman–Crippen MR) is 76.4 cm³/mol. The van der Waals surface area contributed by atoms with E-state index in [1.807, 2.05) is 0 Å². The zero-order valence-corrected chi connectivity index (χ0v) is 12.2. The normalized spacial score (nSPS) is 11.5. The SMILES string of the molecule is CC(=O)Oc1nnc2ccc(-c3ccc(OC(F)(F)F)cc3)cn12. The molecule has 0 bridgehead atoms. The fourth-order valence-corrected chi connectivity index (χ4v) is 2.09. The maximum Gasteiger partial charge on any atom is 0.573 e. The van der Waals surface area contributed by atoms with Gasteiger partial charge in [-0.3, -0.25) is 9.20 Å². The lowest BCUT2D eigenvalue weighted by Gasteiger charge is -2.09. The van der Waals surface area contributed by atoms with E-state index in [-0.39, 0.29) is 11.8 Å². The van der Waals surface area contributed by atoms with Crippen LogP contribution in [0.3, 0.4) is 0 Å². The Balaban J connectivity index is 1.92. The van der Waals surface area contributed by atoms with Gasteiger partial charge in [0.15, 0.2) is 5.65 Å². The first kappa shape index (κ1) is 15.8. The van der Waals surface area contributed by atoms with E-state index in [4.69, 9.17) is 4.74 Å². The Kier molecular flexibility index (Phi) is 3.84. The number of esters is 1. The second-order valence-corrected chi connectivity index (χ2v) is 4.79. The average Bonchev–Trinajstić information content (AvgIpc) is 2.88. The van der Waals surface area contributed by atoms with Gasteiger partial charge < -0.3 is 9.47 Å². The van der Waals surface area contributed by atoms with Crippen molar-refractivity contribution in [3.63, 3.8) is 0 Å². The molecule has 0 spiro atoms. The summed E-state index contributed by atoms with van der Waals surface area (Å²) in [5.74, 6) is -0.847. The summed E-state index contributed by atoms with van der Waals surface area (Å²) >= 11 is 0. The Bertz CT molecular complexity index is 888. The first-order valence-corrected chi connectivity index (χ1v) is 6.71. The molecule has 3 rings (SSSR count). The summed E-state index contributed by atoms with van der Waals surface area (Å²) in [5.41, 5.74) is 1.79. The molecular formula is C15H10F3N3O3. The van der Waals surface area contributed by atoms with Crippen LogP contribution in [0.25, 0.3) is 16.8 Å². The number of hydrogen-bond donors (Lipinski definition) is 0. The molecule has 124 valence electrons. The molecule has 0 aliphatic heterocycles. The minimum Gasteiger partial charge on any atom is -0.406 e. The predicted octanol–water partition coefficient (Wildman–Crippen LogP) is 3.22. The standard InChI is InChI=1S/C15H10F3N3O3/c1-9(22)23-14-20-19-13-7-4-11(8-21(13)14)10-2-5-12(6-3-10)24-15(16,17)18/h2-8H,1H3. The third-order valence-electron chi connectivity index (χ3n) is 3.03. The van der Waals surface area contributed by atoms with Crippen LogP contribution in [0.4, 0.5) is 13.2 Å². The Morgan fingerprint density at radius 1 is 1.04 bits per heavy atom. The summed E-state index contributed by atoms with van der Waals surface area (Å²) in [6, 6.07) is 8.78. The summed E-state index contributed by atoms with van der Waals surface area (Å²) in [5, 5.41) is 7.60. The first-order valence-electron chi connectivity index (χ1n) is 6.71. The molecule has 0 amide bonds. The Morgan fingerprint density at radius 3 is 2.33 bits per heavy atom. The molecule has 0 fully saturated rings. The topological polar surface area (TPSA) is 65.7 Å². The Hall–Kier alpha value is -3.10. The van der Waals surface area contributed by atoms with Crippen LogP contribution in [-0.4, -0.2) is 26.9 Å². The number of carbonyl (C=O) groups excluding carboxylic acids is 1. The molecule has 3 aromatic rings. The summed E-state index contributed by atoms with van der Waals surface area (Å²) in [4.78, 5) is 11.1. The van der Waals surface area contributed by atoms with E-state index in [1.54, 1.807) is 18.3 Å². The van der Waals surface area contributed by atoms with E-state index >= 15 is 0 Å². The highest BCUT2D eigenvalue weighted by molar-refractivity contribution is 5.69. The molecule has 0 aliphatic rings. The monoisotopic (exact) mass is 337 g/mol. The minimum atomic E-state index is -4.73. The van der Waals surface area contributed by atoms with Crippen LogP contribution in [-0.2, 0) is 4.79 Å². The maximum atomic E-state index is 12.2. The molecule has 6 nitrogen and oxygen atoms in total. The maximum absolute atomic E-state index is 12.2. The second kappa shape index (κ2) is 5.84. The van der Waals surface area contributed by atoms with Crippen LogP contribution in [0.2, 0.25) is 0 Å². The molecule has 0 unspecified atom stereocenters. The summed E-state index contributed by atoms with van der Waals surface area (Å²) in [6.45, 7) is 1.24. The van der Waals surface area contributed by atoms with Gasteiger partial charge in [-0.25, -0.2) is 0 Å². The lowest BCUT2D eigenvalue weighted by atomic mass is 10.1. The van der Waals surface area contributed by atoms with Crippen molar-refractivity contribution in [2.45, 2.75) is 13.3 Å². The molecule has 1 aromatic carbocycles. The van der Waals surface area contributed by atoms with E-state index in [0.29, 0.717) is 16.8 Å². The van der Waals surface area contributed by atoms with Crippen molar-refractivity contribution in [3.05, 3.63) is 42.6 Å². The number of hydrogen-bond acceptors (Lipinski definition) is 5. The van der Waals surface area contributed by atoms with Crippen molar-refractivity contribution in [1.29, 1.82) is 0 Å². The zero-order chi connectivity index (χ0) is 17.3. The summed E-state index contributed by atoms with van der Waals surface area (Å²) in [6.07, 6.45) is -3.12. The van der Waals surface area contributed by atoms with Gasteiger partial charge >= 0.3 is 18.3 Å². The van der Waals surface area contributed by atoms with E-state index < -0.39 is 12.3 Å². The molecule has 2 heterocycles. The van der Waals surface area contributed by atoms with Crippen molar-refractivity contribution >= 4 is 11.6 Å². The van der Waals surface area contributed by atoms with Crippen molar-refractivity contribution in [1.82, 2.24) is 14.6 Å². The summed E-state index contributed by atoms with van der Waals surface area (Å²) in [7, 11) is 0. The molecule has 0 aliphatic carbocycles.